The molecule has 7 heteroatoms. The smallest absolute Gasteiger partial charge is 0.254 e. The first kappa shape index (κ1) is 21.6. The molecule has 0 unspecified atom stereocenters. The highest BCUT2D eigenvalue weighted by Gasteiger charge is 2.30. The van der Waals surface area contributed by atoms with E-state index in [4.69, 9.17) is 9.26 Å². The lowest BCUT2D eigenvalue weighted by Crippen LogP contribution is -2.37. The second-order valence-corrected chi connectivity index (χ2v) is 8.70. The second kappa shape index (κ2) is 9.75. The van der Waals surface area contributed by atoms with Crippen LogP contribution in [0.15, 0.2) is 59.1 Å². The van der Waals surface area contributed by atoms with Gasteiger partial charge in [0.25, 0.3) is 5.91 Å². The molecule has 2 saturated heterocycles. The highest BCUT2D eigenvalue weighted by molar-refractivity contribution is 5.94. The summed E-state index contributed by atoms with van der Waals surface area (Å²) in [6.45, 7) is 3.34. The van der Waals surface area contributed by atoms with Gasteiger partial charge >= 0.3 is 0 Å². The summed E-state index contributed by atoms with van der Waals surface area (Å²) in [5.41, 5.74) is 3.06. The first-order valence-electron chi connectivity index (χ1n) is 11.6. The number of carbonyl (C=O) groups is 1. The molecule has 1 atom stereocenters. The molecule has 3 heterocycles. The van der Waals surface area contributed by atoms with Crippen LogP contribution in [-0.2, 0) is 11.3 Å². The van der Waals surface area contributed by atoms with Crippen LogP contribution >= 0.6 is 0 Å². The molecule has 5 rings (SSSR count). The van der Waals surface area contributed by atoms with Gasteiger partial charge in [0.2, 0.25) is 5.88 Å². The molecule has 2 aromatic carbocycles. The molecular weight excluding hydrogens is 421 g/mol. The van der Waals surface area contributed by atoms with Crippen LogP contribution in [0.2, 0.25) is 0 Å². The number of benzene rings is 2. The number of hydrogen-bond acceptors (Lipinski definition) is 5. The summed E-state index contributed by atoms with van der Waals surface area (Å²) in [6.07, 6.45) is 4.11. The topological polar surface area (TPSA) is 58.8 Å². The largest absolute Gasteiger partial charge is 0.376 e. The summed E-state index contributed by atoms with van der Waals surface area (Å²) in [7, 11) is 0. The minimum atomic E-state index is -0.362. The van der Waals surface area contributed by atoms with Crippen molar-refractivity contribution in [2.45, 2.75) is 38.3 Å². The standard InChI is InChI=1S/C26H28FN3O3/c27-21-12-10-20(11-13-21)25(31)30(17-22-9-6-16-32-22)18-23-24(19-7-2-1-3-8-19)28-33-26(23)29-14-4-5-15-29/h1-3,7-8,10-13,22H,4-6,9,14-18H2/t22-/m0/s1. The molecule has 33 heavy (non-hydrogen) atoms. The Balaban J connectivity index is 1.51. The number of amides is 1. The van der Waals surface area contributed by atoms with Gasteiger partial charge in [0.15, 0.2) is 0 Å². The summed E-state index contributed by atoms with van der Waals surface area (Å²) in [4.78, 5) is 17.5. The molecule has 0 saturated carbocycles. The van der Waals surface area contributed by atoms with Crippen LogP contribution < -0.4 is 4.90 Å². The lowest BCUT2D eigenvalue weighted by atomic mass is 10.1. The van der Waals surface area contributed by atoms with Gasteiger partial charge in [-0.2, -0.15) is 0 Å². The molecule has 2 aliphatic heterocycles. The molecule has 3 aromatic rings. The number of aromatic nitrogens is 1. The SMILES string of the molecule is O=C(c1ccc(F)cc1)N(Cc1c(-c2ccccc2)noc1N1CCCC1)C[C@@H]1CCCO1. The van der Waals surface area contributed by atoms with Crippen molar-refractivity contribution < 1.29 is 18.4 Å². The minimum Gasteiger partial charge on any atom is -0.376 e. The third-order valence-corrected chi connectivity index (χ3v) is 6.38. The number of halogens is 1. The van der Waals surface area contributed by atoms with Gasteiger partial charge in [0, 0.05) is 37.4 Å². The number of ether oxygens (including phenoxy) is 1. The van der Waals surface area contributed by atoms with E-state index < -0.39 is 0 Å². The third kappa shape index (κ3) is 4.78. The van der Waals surface area contributed by atoms with Crippen LogP contribution in [0, 0.1) is 5.82 Å². The molecule has 2 aliphatic rings. The Morgan fingerprint density at radius 2 is 1.82 bits per heavy atom. The molecule has 0 radical (unpaired) electrons. The van der Waals surface area contributed by atoms with Crippen molar-refractivity contribution in [1.29, 1.82) is 0 Å². The van der Waals surface area contributed by atoms with Crippen LogP contribution in [0.3, 0.4) is 0 Å². The lowest BCUT2D eigenvalue weighted by molar-refractivity contribution is 0.0507. The zero-order valence-corrected chi connectivity index (χ0v) is 18.6. The predicted molar refractivity (Wildman–Crippen MR) is 124 cm³/mol. The first-order chi connectivity index (χ1) is 16.2. The fourth-order valence-corrected chi connectivity index (χ4v) is 4.65. The van der Waals surface area contributed by atoms with Crippen LogP contribution in [0.4, 0.5) is 10.3 Å². The normalized spacial score (nSPS) is 18.1. The lowest BCUT2D eigenvalue weighted by Gasteiger charge is -2.27. The van der Waals surface area contributed by atoms with E-state index in [0.717, 1.165) is 61.5 Å². The Morgan fingerprint density at radius 1 is 1.06 bits per heavy atom. The Hall–Kier alpha value is -3.19. The van der Waals surface area contributed by atoms with E-state index in [0.29, 0.717) is 25.3 Å². The van der Waals surface area contributed by atoms with Gasteiger partial charge in [-0.25, -0.2) is 4.39 Å². The van der Waals surface area contributed by atoms with Gasteiger partial charge in [-0.05, 0) is 49.9 Å². The van der Waals surface area contributed by atoms with E-state index in [1.54, 1.807) is 4.90 Å². The van der Waals surface area contributed by atoms with E-state index in [-0.39, 0.29) is 17.8 Å². The highest BCUT2D eigenvalue weighted by atomic mass is 19.1. The second-order valence-electron chi connectivity index (χ2n) is 8.70. The fourth-order valence-electron chi connectivity index (χ4n) is 4.65. The highest BCUT2D eigenvalue weighted by Crippen LogP contribution is 2.34. The summed E-state index contributed by atoms with van der Waals surface area (Å²) in [6, 6.07) is 15.6. The zero-order valence-electron chi connectivity index (χ0n) is 18.6. The van der Waals surface area contributed by atoms with Crippen molar-refractivity contribution in [2.75, 3.05) is 31.1 Å². The third-order valence-electron chi connectivity index (χ3n) is 6.38. The molecule has 6 nitrogen and oxygen atoms in total. The van der Waals surface area contributed by atoms with Gasteiger partial charge < -0.3 is 19.1 Å². The van der Waals surface area contributed by atoms with E-state index >= 15 is 0 Å². The van der Waals surface area contributed by atoms with Crippen molar-refractivity contribution in [1.82, 2.24) is 10.1 Å². The molecular formula is C26H28FN3O3. The van der Waals surface area contributed by atoms with E-state index in [2.05, 4.69) is 10.1 Å². The van der Waals surface area contributed by atoms with Gasteiger partial charge in [-0.15, -0.1) is 0 Å². The summed E-state index contributed by atoms with van der Waals surface area (Å²) in [5, 5.41) is 4.42. The van der Waals surface area contributed by atoms with Crippen LogP contribution in [0.25, 0.3) is 11.3 Å². The zero-order chi connectivity index (χ0) is 22.6. The van der Waals surface area contributed by atoms with Crippen molar-refractivity contribution >= 4 is 11.8 Å². The predicted octanol–water partition coefficient (Wildman–Crippen LogP) is 4.90. The molecule has 0 N–H and O–H groups in total. The molecule has 1 aromatic heterocycles. The molecule has 0 bridgehead atoms. The summed E-state index contributed by atoms with van der Waals surface area (Å²) < 4.78 is 25.2. The number of hydrogen-bond donors (Lipinski definition) is 0. The maximum Gasteiger partial charge on any atom is 0.254 e. The number of carbonyl (C=O) groups excluding carboxylic acids is 1. The molecule has 172 valence electrons. The van der Waals surface area contributed by atoms with E-state index in [1.807, 2.05) is 30.3 Å². The molecule has 1 amide bonds. The maximum absolute atomic E-state index is 13.5. The minimum absolute atomic E-state index is 0.00956. The Bertz CT molecular complexity index is 1070. The molecule has 2 fully saturated rings. The number of anilines is 1. The van der Waals surface area contributed by atoms with Crippen molar-refractivity contribution in [3.05, 3.63) is 71.5 Å². The van der Waals surface area contributed by atoms with Gasteiger partial charge in [-0.1, -0.05) is 35.5 Å². The van der Waals surface area contributed by atoms with Gasteiger partial charge in [-0.3, -0.25) is 4.79 Å². The van der Waals surface area contributed by atoms with E-state index in [1.165, 1.54) is 24.3 Å². The van der Waals surface area contributed by atoms with Crippen molar-refractivity contribution in [2.24, 2.45) is 0 Å². The number of nitrogens with zero attached hydrogens (tertiary/aromatic N) is 3. The van der Waals surface area contributed by atoms with Crippen molar-refractivity contribution in [3.63, 3.8) is 0 Å². The Labute approximate surface area is 192 Å². The fraction of sp³-hybridized carbons (Fsp3) is 0.385. The molecule has 0 spiro atoms. The maximum atomic E-state index is 13.5. The monoisotopic (exact) mass is 449 g/mol. The average molecular weight is 450 g/mol. The van der Waals surface area contributed by atoms with Gasteiger partial charge in [0.1, 0.15) is 11.5 Å². The van der Waals surface area contributed by atoms with Crippen molar-refractivity contribution in [3.8, 4) is 11.3 Å². The number of rotatable bonds is 7. The van der Waals surface area contributed by atoms with Crippen LogP contribution in [0.1, 0.15) is 41.6 Å². The Kier molecular flexibility index (Phi) is 6.39. The first-order valence-corrected chi connectivity index (χ1v) is 11.6. The average Bonchev–Trinajstić information content (AvgIpc) is 3.61. The van der Waals surface area contributed by atoms with E-state index in [9.17, 15) is 9.18 Å². The quantitative estimate of drug-likeness (QED) is 0.513. The van der Waals surface area contributed by atoms with Crippen LogP contribution in [0.5, 0.6) is 0 Å². The molecule has 0 aliphatic carbocycles. The van der Waals surface area contributed by atoms with Gasteiger partial charge in [0.05, 0.1) is 18.2 Å². The summed E-state index contributed by atoms with van der Waals surface area (Å²) in [5.74, 6) is 0.215. The van der Waals surface area contributed by atoms with Crippen LogP contribution in [-0.4, -0.2) is 48.3 Å². The summed E-state index contributed by atoms with van der Waals surface area (Å²) >= 11 is 0. The Morgan fingerprint density at radius 3 is 2.52 bits per heavy atom.